The summed E-state index contributed by atoms with van der Waals surface area (Å²) in [5.74, 6) is -1.44. The van der Waals surface area contributed by atoms with Gasteiger partial charge in [-0.2, -0.15) is 0 Å². The zero-order valence-corrected chi connectivity index (χ0v) is 10.6. The predicted molar refractivity (Wildman–Crippen MR) is 69.4 cm³/mol. The van der Waals surface area contributed by atoms with Gasteiger partial charge in [-0.15, -0.1) is 0 Å². The minimum Gasteiger partial charge on any atom is -0.480 e. The van der Waals surface area contributed by atoms with Crippen LogP contribution in [0.5, 0.6) is 0 Å². The fraction of sp³-hybridized carbons (Fsp3) is 0.308. The lowest BCUT2D eigenvalue weighted by atomic mass is 10.0. The fourth-order valence-electron chi connectivity index (χ4n) is 1.84. The molecule has 6 heteroatoms. The molecule has 2 N–H and O–H groups in total. The van der Waals surface area contributed by atoms with Crippen molar-refractivity contribution < 1.29 is 14.3 Å². The van der Waals surface area contributed by atoms with Crippen molar-refractivity contribution in [2.45, 2.75) is 19.9 Å². The van der Waals surface area contributed by atoms with Gasteiger partial charge < -0.3 is 10.4 Å². The summed E-state index contributed by atoms with van der Waals surface area (Å²) >= 11 is 0. The van der Waals surface area contributed by atoms with Crippen LogP contribution < -0.4 is 5.32 Å². The van der Waals surface area contributed by atoms with Gasteiger partial charge in [0.1, 0.15) is 24.0 Å². The molecule has 1 heterocycles. The van der Waals surface area contributed by atoms with Crippen LogP contribution in [0.4, 0.5) is 10.2 Å². The molecule has 1 atom stereocenters. The van der Waals surface area contributed by atoms with Gasteiger partial charge in [0.05, 0.1) is 10.9 Å². The second-order valence-electron chi connectivity index (χ2n) is 4.56. The number of anilines is 1. The van der Waals surface area contributed by atoms with E-state index in [1.54, 1.807) is 26.0 Å². The number of hydrogen-bond donors (Lipinski definition) is 2. The number of carbonyl (C=O) groups is 1. The molecular weight excluding hydrogens is 249 g/mol. The Bertz CT molecular complexity index is 611. The molecular formula is C13H14FN3O2. The fourth-order valence-corrected chi connectivity index (χ4v) is 1.84. The number of aliphatic carboxylic acids is 1. The maximum atomic E-state index is 13.8. The first-order valence-corrected chi connectivity index (χ1v) is 5.89. The third-order valence-corrected chi connectivity index (χ3v) is 2.84. The minimum atomic E-state index is -1.00. The van der Waals surface area contributed by atoms with Crippen LogP contribution in [0, 0.1) is 11.7 Å². The molecule has 100 valence electrons. The van der Waals surface area contributed by atoms with Gasteiger partial charge in [0.15, 0.2) is 0 Å². The van der Waals surface area contributed by atoms with Gasteiger partial charge in [0.2, 0.25) is 0 Å². The lowest BCUT2D eigenvalue weighted by Crippen LogP contribution is -2.34. The van der Waals surface area contributed by atoms with E-state index in [9.17, 15) is 9.18 Å². The monoisotopic (exact) mass is 263 g/mol. The summed E-state index contributed by atoms with van der Waals surface area (Å²) in [6.07, 6.45) is 1.28. The summed E-state index contributed by atoms with van der Waals surface area (Å²) < 4.78 is 13.8. The molecule has 0 spiro atoms. The van der Waals surface area contributed by atoms with Crippen molar-refractivity contribution in [1.82, 2.24) is 9.97 Å². The molecule has 2 rings (SSSR count). The molecule has 2 aromatic rings. The molecule has 0 aliphatic heterocycles. The Balaban J connectivity index is 2.48. The lowest BCUT2D eigenvalue weighted by Gasteiger charge is -2.19. The maximum absolute atomic E-state index is 13.8. The van der Waals surface area contributed by atoms with E-state index in [1.807, 2.05) is 0 Å². The van der Waals surface area contributed by atoms with Crippen molar-refractivity contribution in [2.24, 2.45) is 5.92 Å². The second-order valence-corrected chi connectivity index (χ2v) is 4.56. The third kappa shape index (κ3) is 2.62. The van der Waals surface area contributed by atoms with Gasteiger partial charge >= 0.3 is 5.97 Å². The molecule has 5 nitrogen and oxygen atoms in total. The van der Waals surface area contributed by atoms with Crippen molar-refractivity contribution in [3.8, 4) is 0 Å². The van der Waals surface area contributed by atoms with Gasteiger partial charge in [0, 0.05) is 0 Å². The number of aromatic nitrogens is 2. The highest BCUT2D eigenvalue weighted by molar-refractivity contribution is 5.91. The number of benzene rings is 1. The van der Waals surface area contributed by atoms with Crippen molar-refractivity contribution in [2.75, 3.05) is 5.32 Å². The van der Waals surface area contributed by atoms with Crippen LogP contribution >= 0.6 is 0 Å². The molecule has 0 unspecified atom stereocenters. The molecule has 1 aromatic carbocycles. The highest BCUT2D eigenvalue weighted by atomic mass is 19.1. The van der Waals surface area contributed by atoms with Crippen LogP contribution in [0.2, 0.25) is 0 Å². The van der Waals surface area contributed by atoms with Crippen molar-refractivity contribution >= 4 is 22.7 Å². The maximum Gasteiger partial charge on any atom is 0.326 e. The SMILES string of the molecule is CC(C)[C@H](Nc1ncnc2cccc(F)c12)C(=O)O. The van der Waals surface area contributed by atoms with E-state index in [4.69, 9.17) is 5.11 Å². The Morgan fingerprint density at radius 1 is 1.37 bits per heavy atom. The molecule has 0 amide bonds. The Kier molecular flexibility index (Phi) is 3.59. The van der Waals surface area contributed by atoms with Crippen LogP contribution in [0.15, 0.2) is 24.5 Å². The summed E-state index contributed by atoms with van der Waals surface area (Å²) in [7, 11) is 0. The van der Waals surface area contributed by atoms with Crippen LogP contribution in [-0.4, -0.2) is 27.1 Å². The predicted octanol–water partition coefficient (Wildman–Crippen LogP) is 2.29. The first kappa shape index (κ1) is 13.2. The number of nitrogens with zero attached hydrogens (tertiary/aromatic N) is 2. The molecule has 19 heavy (non-hydrogen) atoms. The van der Waals surface area contributed by atoms with E-state index in [0.29, 0.717) is 5.52 Å². The van der Waals surface area contributed by atoms with E-state index in [-0.39, 0.29) is 17.1 Å². The summed E-state index contributed by atoms with van der Waals surface area (Å²) in [6.45, 7) is 3.54. The smallest absolute Gasteiger partial charge is 0.326 e. The van der Waals surface area contributed by atoms with Crippen molar-refractivity contribution in [1.29, 1.82) is 0 Å². The Morgan fingerprint density at radius 3 is 2.74 bits per heavy atom. The third-order valence-electron chi connectivity index (χ3n) is 2.84. The topological polar surface area (TPSA) is 75.1 Å². The number of hydrogen-bond acceptors (Lipinski definition) is 4. The van der Waals surface area contributed by atoms with Gasteiger partial charge in [0.25, 0.3) is 0 Å². The van der Waals surface area contributed by atoms with Crippen LogP contribution in [-0.2, 0) is 4.79 Å². The molecule has 0 saturated heterocycles. The first-order valence-electron chi connectivity index (χ1n) is 5.89. The molecule has 1 aromatic heterocycles. The number of nitrogens with one attached hydrogen (secondary N) is 1. The quantitative estimate of drug-likeness (QED) is 0.885. The largest absolute Gasteiger partial charge is 0.480 e. The van der Waals surface area contributed by atoms with E-state index < -0.39 is 17.8 Å². The minimum absolute atomic E-state index is 0.158. The Morgan fingerprint density at radius 2 is 2.11 bits per heavy atom. The summed E-state index contributed by atoms with van der Waals surface area (Å²) in [5, 5.41) is 12.1. The lowest BCUT2D eigenvalue weighted by molar-refractivity contribution is -0.138. The van der Waals surface area contributed by atoms with Gasteiger partial charge in [-0.25, -0.2) is 19.2 Å². The average Bonchev–Trinajstić information content (AvgIpc) is 2.35. The van der Waals surface area contributed by atoms with Crippen molar-refractivity contribution in [3.05, 3.63) is 30.3 Å². The Labute approximate surface area is 109 Å². The molecule has 0 aliphatic carbocycles. The van der Waals surface area contributed by atoms with E-state index in [1.165, 1.54) is 12.4 Å². The van der Waals surface area contributed by atoms with Gasteiger partial charge in [-0.3, -0.25) is 0 Å². The molecule has 0 saturated carbocycles. The highest BCUT2D eigenvalue weighted by Crippen LogP contribution is 2.23. The van der Waals surface area contributed by atoms with Crippen LogP contribution in [0.1, 0.15) is 13.8 Å². The second kappa shape index (κ2) is 5.17. The molecule has 0 radical (unpaired) electrons. The number of carboxylic acid groups (broad SMARTS) is 1. The average molecular weight is 263 g/mol. The zero-order chi connectivity index (χ0) is 14.0. The summed E-state index contributed by atoms with van der Waals surface area (Å²) in [6, 6.07) is 3.65. The molecule has 0 aliphatic rings. The Hall–Kier alpha value is -2.24. The van der Waals surface area contributed by atoms with Crippen LogP contribution in [0.25, 0.3) is 10.9 Å². The van der Waals surface area contributed by atoms with E-state index in [2.05, 4.69) is 15.3 Å². The van der Waals surface area contributed by atoms with Gasteiger partial charge in [-0.05, 0) is 18.1 Å². The first-order chi connectivity index (χ1) is 9.00. The molecule has 0 bridgehead atoms. The van der Waals surface area contributed by atoms with Crippen LogP contribution in [0.3, 0.4) is 0 Å². The number of carboxylic acids is 1. The van der Waals surface area contributed by atoms with Gasteiger partial charge in [-0.1, -0.05) is 19.9 Å². The number of rotatable bonds is 4. The molecule has 0 fully saturated rings. The van der Waals surface area contributed by atoms with E-state index >= 15 is 0 Å². The number of fused-ring (bicyclic) bond motifs is 1. The normalized spacial score (nSPS) is 12.6. The summed E-state index contributed by atoms with van der Waals surface area (Å²) in [4.78, 5) is 19.1. The van der Waals surface area contributed by atoms with Crippen molar-refractivity contribution in [3.63, 3.8) is 0 Å². The van der Waals surface area contributed by atoms with E-state index in [0.717, 1.165) is 0 Å². The highest BCUT2D eigenvalue weighted by Gasteiger charge is 2.23. The summed E-state index contributed by atoms with van der Waals surface area (Å²) in [5.41, 5.74) is 0.436. The standard InChI is InChI=1S/C13H14FN3O2/c1-7(2)11(13(18)19)17-12-10-8(14)4-3-5-9(10)15-6-16-12/h3-7,11H,1-2H3,(H,18,19)(H,15,16,17)/t11-/m0/s1. The number of halogens is 1. The zero-order valence-electron chi connectivity index (χ0n) is 10.6.